The molecular formula is C16H12FNO2. The third kappa shape index (κ3) is 2.90. The quantitative estimate of drug-likeness (QED) is 0.625. The normalized spacial score (nSPS) is 10.1. The smallest absolute Gasteiger partial charge is 0.193 e. The highest BCUT2D eigenvalue weighted by atomic mass is 19.1. The van der Waals surface area contributed by atoms with Crippen LogP contribution >= 0.6 is 0 Å². The molecule has 0 heterocycles. The Morgan fingerprint density at radius 1 is 1.25 bits per heavy atom. The van der Waals surface area contributed by atoms with Gasteiger partial charge >= 0.3 is 0 Å². The molecule has 0 fully saturated rings. The summed E-state index contributed by atoms with van der Waals surface area (Å²) in [6, 6.07) is 10.2. The predicted molar refractivity (Wildman–Crippen MR) is 73.2 cm³/mol. The Morgan fingerprint density at radius 2 is 1.95 bits per heavy atom. The number of nitrogens with zero attached hydrogens (tertiary/aromatic N) is 1. The number of methoxy groups -OCH3 is 1. The van der Waals surface area contributed by atoms with Crippen LogP contribution < -0.4 is 0 Å². The molecule has 0 amide bonds. The van der Waals surface area contributed by atoms with Gasteiger partial charge in [-0.05, 0) is 29.8 Å². The Kier molecular flexibility index (Phi) is 4.24. The van der Waals surface area contributed by atoms with Crippen molar-refractivity contribution in [1.82, 2.24) is 0 Å². The molecular weight excluding hydrogens is 257 g/mol. The molecule has 0 radical (unpaired) electrons. The third-order valence-electron chi connectivity index (χ3n) is 2.87. The molecule has 0 saturated heterocycles. The topological polar surface area (TPSA) is 30.7 Å². The maximum atomic E-state index is 12.9. The summed E-state index contributed by atoms with van der Waals surface area (Å²) in [6.07, 6.45) is 0. The van der Waals surface area contributed by atoms with Crippen molar-refractivity contribution in [3.63, 3.8) is 0 Å². The summed E-state index contributed by atoms with van der Waals surface area (Å²) in [5.74, 6) is -0.601. The fourth-order valence-electron chi connectivity index (χ4n) is 1.90. The maximum absolute atomic E-state index is 12.9. The van der Waals surface area contributed by atoms with Gasteiger partial charge in [-0.15, -0.1) is 0 Å². The standard InChI is InChI=1S/C16H12FNO2/c1-18-14-7-8-15(12(9-14)10-20-2)16(19)11-3-5-13(17)6-4-11/h3-9H,10H2,2H3. The minimum Gasteiger partial charge on any atom is -0.380 e. The Balaban J connectivity index is 2.43. The predicted octanol–water partition coefficient (Wildman–Crippen LogP) is 3.75. The van der Waals surface area contributed by atoms with E-state index in [2.05, 4.69) is 4.85 Å². The molecule has 2 aromatic carbocycles. The summed E-state index contributed by atoms with van der Waals surface area (Å²) in [5.41, 5.74) is 1.97. The molecule has 0 aromatic heterocycles. The van der Waals surface area contributed by atoms with Gasteiger partial charge in [0, 0.05) is 18.2 Å². The summed E-state index contributed by atoms with van der Waals surface area (Å²) < 4.78 is 17.9. The molecule has 0 spiro atoms. The molecule has 0 saturated carbocycles. The first-order valence-electron chi connectivity index (χ1n) is 5.95. The van der Waals surface area contributed by atoms with E-state index in [1.807, 2.05) is 0 Å². The average molecular weight is 269 g/mol. The summed E-state index contributed by atoms with van der Waals surface area (Å²) >= 11 is 0. The van der Waals surface area contributed by atoms with E-state index >= 15 is 0 Å². The van der Waals surface area contributed by atoms with Gasteiger partial charge in [-0.3, -0.25) is 4.79 Å². The Hall–Kier alpha value is -2.51. The van der Waals surface area contributed by atoms with E-state index in [0.29, 0.717) is 22.4 Å². The van der Waals surface area contributed by atoms with Gasteiger partial charge in [0.15, 0.2) is 11.5 Å². The highest BCUT2D eigenvalue weighted by Crippen LogP contribution is 2.22. The van der Waals surface area contributed by atoms with Crippen molar-refractivity contribution >= 4 is 11.5 Å². The zero-order valence-electron chi connectivity index (χ0n) is 10.9. The average Bonchev–Trinajstić information content (AvgIpc) is 2.47. The van der Waals surface area contributed by atoms with Crippen LogP contribution in [-0.4, -0.2) is 12.9 Å². The number of rotatable bonds is 4. The number of hydrogen-bond acceptors (Lipinski definition) is 2. The van der Waals surface area contributed by atoms with Crippen molar-refractivity contribution in [3.8, 4) is 0 Å². The third-order valence-corrected chi connectivity index (χ3v) is 2.87. The molecule has 0 aliphatic rings. The number of halogens is 1. The second-order valence-electron chi connectivity index (χ2n) is 4.22. The number of carbonyl (C=O) groups is 1. The summed E-state index contributed by atoms with van der Waals surface area (Å²) in [6.45, 7) is 7.24. The number of benzene rings is 2. The summed E-state index contributed by atoms with van der Waals surface area (Å²) in [7, 11) is 1.52. The first-order chi connectivity index (χ1) is 9.65. The van der Waals surface area contributed by atoms with Crippen LogP contribution in [0.25, 0.3) is 4.85 Å². The van der Waals surface area contributed by atoms with Crippen molar-refractivity contribution in [2.24, 2.45) is 0 Å². The first-order valence-corrected chi connectivity index (χ1v) is 5.95. The molecule has 2 rings (SSSR count). The van der Waals surface area contributed by atoms with E-state index in [1.54, 1.807) is 18.2 Å². The van der Waals surface area contributed by atoms with Gasteiger partial charge in [-0.2, -0.15) is 0 Å². The lowest BCUT2D eigenvalue weighted by molar-refractivity contribution is 0.103. The van der Waals surface area contributed by atoms with Crippen molar-refractivity contribution in [1.29, 1.82) is 0 Å². The first kappa shape index (κ1) is 13.9. The van der Waals surface area contributed by atoms with Crippen LogP contribution in [0.1, 0.15) is 21.5 Å². The summed E-state index contributed by atoms with van der Waals surface area (Å²) in [5, 5.41) is 0. The van der Waals surface area contributed by atoms with Gasteiger partial charge in [0.05, 0.1) is 13.2 Å². The molecule has 0 N–H and O–H groups in total. The highest BCUT2D eigenvalue weighted by Gasteiger charge is 2.14. The molecule has 0 unspecified atom stereocenters. The maximum Gasteiger partial charge on any atom is 0.193 e. The molecule has 20 heavy (non-hydrogen) atoms. The number of ether oxygens (including phenoxy) is 1. The lowest BCUT2D eigenvalue weighted by Crippen LogP contribution is -2.06. The second kappa shape index (κ2) is 6.09. The lowest BCUT2D eigenvalue weighted by Gasteiger charge is -2.09. The van der Waals surface area contributed by atoms with Crippen molar-refractivity contribution in [2.75, 3.05) is 7.11 Å². The van der Waals surface area contributed by atoms with Crippen molar-refractivity contribution in [2.45, 2.75) is 6.61 Å². The Bertz CT molecular complexity index is 672. The van der Waals surface area contributed by atoms with E-state index in [1.165, 1.54) is 31.4 Å². The van der Waals surface area contributed by atoms with Gasteiger partial charge in [0.2, 0.25) is 0 Å². The highest BCUT2D eigenvalue weighted by molar-refractivity contribution is 6.10. The van der Waals surface area contributed by atoms with E-state index in [4.69, 9.17) is 11.3 Å². The van der Waals surface area contributed by atoms with Crippen LogP contribution in [0.4, 0.5) is 10.1 Å². The second-order valence-corrected chi connectivity index (χ2v) is 4.22. The van der Waals surface area contributed by atoms with Gasteiger partial charge < -0.3 is 4.74 Å². The largest absolute Gasteiger partial charge is 0.380 e. The van der Waals surface area contributed by atoms with Gasteiger partial charge in [-0.1, -0.05) is 18.2 Å². The fraction of sp³-hybridized carbons (Fsp3) is 0.125. The van der Waals surface area contributed by atoms with Crippen LogP contribution in [0.5, 0.6) is 0 Å². The van der Waals surface area contributed by atoms with Crippen LogP contribution in [0, 0.1) is 12.4 Å². The molecule has 0 aliphatic heterocycles. The van der Waals surface area contributed by atoms with Crippen LogP contribution in [0.3, 0.4) is 0 Å². The van der Waals surface area contributed by atoms with Crippen molar-refractivity contribution < 1.29 is 13.9 Å². The monoisotopic (exact) mass is 269 g/mol. The molecule has 3 nitrogen and oxygen atoms in total. The molecule has 0 aliphatic carbocycles. The summed E-state index contributed by atoms with van der Waals surface area (Å²) in [4.78, 5) is 15.7. The SMILES string of the molecule is [C-]#[N+]c1ccc(C(=O)c2ccc(F)cc2)c(COC)c1. The van der Waals surface area contributed by atoms with Crippen molar-refractivity contribution in [3.05, 3.63) is 76.4 Å². The van der Waals surface area contributed by atoms with E-state index in [0.717, 1.165) is 0 Å². The van der Waals surface area contributed by atoms with Gasteiger partial charge in [-0.25, -0.2) is 9.24 Å². The molecule has 2 aromatic rings. The zero-order valence-corrected chi connectivity index (χ0v) is 10.9. The lowest BCUT2D eigenvalue weighted by atomic mass is 9.98. The molecule has 100 valence electrons. The van der Waals surface area contributed by atoms with Gasteiger partial charge in [0.1, 0.15) is 5.82 Å². The Labute approximate surface area is 116 Å². The zero-order chi connectivity index (χ0) is 14.5. The Morgan fingerprint density at radius 3 is 2.55 bits per heavy atom. The number of hydrogen-bond donors (Lipinski definition) is 0. The number of ketones is 1. The van der Waals surface area contributed by atoms with Crippen LogP contribution in [0.2, 0.25) is 0 Å². The molecule has 0 bridgehead atoms. The van der Waals surface area contributed by atoms with Crippen LogP contribution in [0.15, 0.2) is 42.5 Å². The fourth-order valence-corrected chi connectivity index (χ4v) is 1.90. The molecule has 4 heteroatoms. The van der Waals surface area contributed by atoms with E-state index in [-0.39, 0.29) is 18.2 Å². The molecule has 0 atom stereocenters. The minimum atomic E-state index is -0.387. The van der Waals surface area contributed by atoms with Crippen LogP contribution in [-0.2, 0) is 11.3 Å². The minimum absolute atomic E-state index is 0.214. The number of carbonyl (C=O) groups excluding carboxylic acids is 1. The van der Waals surface area contributed by atoms with E-state index < -0.39 is 0 Å². The van der Waals surface area contributed by atoms with Gasteiger partial charge in [0.25, 0.3) is 0 Å². The van der Waals surface area contributed by atoms with E-state index in [9.17, 15) is 9.18 Å².